The van der Waals surface area contributed by atoms with Crippen LogP contribution >= 0.6 is 0 Å². The predicted octanol–water partition coefficient (Wildman–Crippen LogP) is 2.52. The number of carbonyl (C=O) groups is 1. The third-order valence-corrected chi connectivity index (χ3v) is 3.46. The van der Waals surface area contributed by atoms with E-state index >= 15 is 0 Å². The first-order valence-corrected chi connectivity index (χ1v) is 7.13. The summed E-state index contributed by atoms with van der Waals surface area (Å²) in [4.78, 5) is 12.3. The van der Waals surface area contributed by atoms with E-state index in [0.29, 0.717) is 12.2 Å². The molecule has 0 atom stereocenters. The molecule has 4 heteroatoms. The summed E-state index contributed by atoms with van der Waals surface area (Å²) < 4.78 is 10.8. The standard InChI is InChI=1S/C16H23NO3/c1-11(2)20-14-8-13(9-14)17-16(18)15-7-5-4-6-12(15)10-19-3/h4-7,11,13-14H,8-10H2,1-3H3,(H,17,18). The van der Waals surface area contributed by atoms with Crippen molar-refractivity contribution in [1.29, 1.82) is 0 Å². The van der Waals surface area contributed by atoms with Gasteiger partial charge in [-0.3, -0.25) is 4.79 Å². The zero-order chi connectivity index (χ0) is 14.5. The van der Waals surface area contributed by atoms with Gasteiger partial charge >= 0.3 is 0 Å². The van der Waals surface area contributed by atoms with Gasteiger partial charge in [0, 0.05) is 18.7 Å². The van der Waals surface area contributed by atoms with E-state index in [9.17, 15) is 4.79 Å². The number of amides is 1. The molecule has 4 nitrogen and oxygen atoms in total. The molecule has 0 spiro atoms. The number of rotatable bonds is 6. The number of carbonyl (C=O) groups excluding carboxylic acids is 1. The Morgan fingerprint density at radius 1 is 1.35 bits per heavy atom. The maximum Gasteiger partial charge on any atom is 0.251 e. The average Bonchev–Trinajstić information content (AvgIpc) is 2.36. The van der Waals surface area contributed by atoms with Gasteiger partial charge in [-0.25, -0.2) is 0 Å². The Kier molecular flexibility index (Phi) is 5.15. The molecule has 1 aliphatic rings. The molecule has 0 radical (unpaired) electrons. The molecule has 110 valence electrons. The van der Waals surface area contributed by atoms with Crippen LogP contribution in [0.25, 0.3) is 0 Å². The van der Waals surface area contributed by atoms with Gasteiger partial charge in [-0.1, -0.05) is 18.2 Å². The normalized spacial score (nSPS) is 21.6. The van der Waals surface area contributed by atoms with E-state index in [4.69, 9.17) is 9.47 Å². The molecule has 2 rings (SSSR count). The molecule has 1 N–H and O–H groups in total. The highest BCUT2D eigenvalue weighted by atomic mass is 16.5. The number of hydrogen-bond donors (Lipinski definition) is 1. The minimum absolute atomic E-state index is 0.0225. The number of benzene rings is 1. The monoisotopic (exact) mass is 277 g/mol. The summed E-state index contributed by atoms with van der Waals surface area (Å²) in [6.07, 6.45) is 2.33. The van der Waals surface area contributed by atoms with Crippen LogP contribution in [-0.4, -0.2) is 31.3 Å². The number of hydrogen-bond acceptors (Lipinski definition) is 3. The predicted molar refractivity (Wildman–Crippen MR) is 77.7 cm³/mol. The number of ether oxygens (including phenoxy) is 2. The van der Waals surface area contributed by atoms with Crippen LogP contribution in [0.4, 0.5) is 0 Å². The molecule has 1 saturated carbocycles. The Balaban J connectivity index is 1.87. The lowest BCUT2D eigenvalue weighted by atomic mass is 9.88. The highest BCUT2D eigenvalue weighted by Gasteiger charge is 2.32. The molecule has 1 aromatic rings. The number of methoxy groups -OCH3 is 1. The van der Waals surface area contributed by atoms with Crippen molar-refractivity contribution in [2.75, 3.05) is 7.11 Å². The van der Waals surface area contributed by atoms with Gasteiger partial charge in [0.2, 0.25) is 0 Å². The van der Waals surface area contributed by atoms with Gasteiger partial charge in [0.1, 0.15) is 0 Å². The molecule has 1 aromatic carbocycles. The fourth-order valence-electron chi connectivity index (χ4n) is 2.47. The topological polar surface area (TPSA) is 47.6 Å². The molecule has 0 unspecified atom stereocenters. The lowest BCUT2D eigenvalue weighted by Crippen LogP contribution is -2.48. The smallest absolute Gasteiger partial charge is 0.251 e. The van der Waals surface area contributed by atoms with Crippen molar-refractivity contribution in [3.8, 4) is 0 Å². The highest BCUT2D eigenvalue weighted by molar-refractivity contribution is 5.95. The molecule has 0 heterocycles. The van der Waals surface area contributed by atoms with Gasteiger partial charge in [-0.2, -0.15) is 0 Å². The fraction of sp³-hybridized carbons (Fsp3) is 0.562. The fourth-order valence-corrected chi connectivity index (χ4v) is 2.47. The van der Waals surface area contributed by atoms with E-state index in [2.05, 4.69) is 5.32 Å². The lowest BCUT2D eigenvalue weighted by Gasteiger charge is -2.36. The van der Waals surface area contributed by atoms with E-state index in [1.54, 1.807) is 7.11 Å². The first-order valence-electron chi connectivity index (χ1n) is 7.13. The Bertz CT molecular complexity index is 453. The number of nitrogens with one attached hydrogen (secondary N) is 1. The summed E-state index contributed by atoms with van der Waals surface area (Å²) in [5.41, 5.74) is 1.62. The van der Waals surface area contributed by atoms with Crippen molar-refractivity contribution in [3.05, 3.63) is 35.4 Å². The summed E-state index contributed by atoms with van der Waals surface area (Å²) >= 11 is 0. The van der Waals surface area contributed by atoms with Crippen molar-refractivity contribution in [1.82, 2.24) is 5.32 Å². The SMILES string of the molecule is COCc1ccccc1C(=O)NC1CC(OC(C)C)C1. The van der Waals surface area contributed by atoms with E-state index in [1.807, 2.05) is 38.1 Å². The first-order chi connectivity index (χ1) is 9.60. The van der Waals surface area contributed by atoms with Gasteiger partial charge in [-0.15, -0.1) is 0 Å². The summed E-state index contributed by atoms with van der Waals surface area (Å²) in [5, 5.41) is 3.06. The first kappa shape index (κ1) is 15.0. The van der Waals surface area contributed by atoms with Crippen LogP contribution in [-0.2, 0) is 16.1 Å². The van der Waals surface area contributed by atoms with Crippen LogP contribution in [0.15, 0.2) is 24.3 Å². The van der Waals surface area contributed by atoms with Gasteiger partial charge < -0.3 is 14.8 Å². The van der Waals surface area contributed by atoms with Crippen LogP contribution in [0.2, 0.25) is 0 Å². The Hall–Kier alpha value is -1.39. The van der Waals surface area contributed by atoms with Crippen molar-refractivity contribution in [3.63, 3.8) is 0 Å². The largest absolute Gasteiger partial charge is 0.380 e. The van der Waals surface area contributed by atoms with Crippen LogP contribution in [0.5, 0.6) is 0 Å². The van der Waals surface area contributed by atoms with Crippen LogP contribution in [0.3, 0.4) is 0 Å². The van der Waals surface area contributed by atoms with Gasteiger partial charge in [-0.05, 0) is 38.3 Å². The summed E-state index contributed by atoms with van der Waals surface area (Å²) in [7, 11) is 1.63. The summed E-state index contributed by atoms with van der Waals surface area (Å²) in [6.45, 7) is 4.52. The zero-order valence-electron chi connectivity index (χ0n) is 12.4. The van der Waals surface area contributed by atoms with Crippen molar-refractivity contribution in [2.24, 2.45) is 0 Å². The second-order valence-electron chi connectivity index (χ2n) is 5.54. The van der Waals surface area contributed by atoms with Crippen LogP contribution in [0.1, 0.15) is 42.6 Å². The molecular formula is C16H23NO3. The molecule has 0 aliphatic heterocycles. The zero-order valence-corrected chi connectivity index (χ0v) is 12.4. The van der Waals surface area contributed by atoms with Crippen LogP contribution < -0.4 is 5.32 Å². The van der Waals surface area contributed by atoms with Gasteiger partial charge in [0.15, 0.2) is 0 Å². The minimum Gasteiger partial charge on any atom is -0.380 e. The second kappa shape index (κ2) is 6.86. The Morgan fingerprint density at radius 2 is 2.05 bits per heavy atom. The third-order valence-electron chi connectivity index (χ3n) is 3.46. The summed E-state index contributed by atoms with van der Waals surface area (Å²) in [5.74, 6) is -0.0225. The summed E-state index contributed by atoms with van der Waals surface area (Å²) in [6, 6.07) is 7.77. The van der Waals surface area contributed by atoms with E-state index < -0.39 is 0 Å². The van der Waals surface area contributed by atoms with E-state index in [-0.39, 0.29) is 24.2 Å². The third kappa shape index (κ3) is 3.81. The molecule has 0 saturated heterocycles. The lowest BCUT2D eigenvalue weighted by molar-refractivity contribution is -0.0482. The minimum atomic E-state index is -0.0225. The molecule has 1 fully saturated rings. The van der Waals surface area contributed by atoms with E-state index in [1.165, 1.54) is 0 Å². The van der Waals surface area contributed by atoms with Crippen molar-refractivity contribution < 1.29 is 14.3 Å². The van der Waals surface area contributed by atoms with E-state index in [0.717, 1.165) is 18.4 Å². The molecule has 1 aliphatic carbocycles. The molecular weight excluding hydrogens is 254 g/mol. The van der Waals surface area contributed by atoms with Gasteiger partial charge in [0.05, 0.1) is 18.8 Å². The highest BCUT2D eigenvalue weighted by Crippen LogP contribution is 2.25. The second-order valence-corrected chi connectivity index (χ2v) is 5.54. The van der Waals surface area contributed by atoms with Gasteiger partial charge in [0.25, 0.3) is 5.91 Å². The molecule has 0 bridgehead atoms. The average molecular weight is 277 g/mol. The molecule has 20 heavy (non-hydrogen) atoms. The quantitative estimate of drug-likeness (QED) is 0.869. The Labute approximate surface area is 120 Å². The maximum absolute atomic E-state index is 12.3. The van der Waals surface area contributed by atoms with Crippen molar-refractivity contribution >= 4 is 5.91 Å². The van der Waals surface area contributed by atoms with Crippen molar-refractivity contribution in [2.45, 2.75) is 51.5 Å². The Morgan fingerprint density at radius 3 is 2.70 bits per heavy atom. The maximum atomic E-state index is 12.3. The van der Waals surface area contributed by atoms with Crippen LogP contribution in [0, 0.1) is 0 Å². The molecule has 1 amide bonds. The molecule has 0 aromatic heterocycles.